The lowest BCUT2D eigenvalue weighted by Gasteiger charge is -2.13. The fraction of sp³-hybridized carbons (Fsp3) is 0.375. The van der Waals surface area contributed by atoms with E-state index in [0.717, 1.165) is 15.6 Å². The van der Waals surface area contributed by atoms with Crippen LogP contribution < -0.4 is 0 Å². The van der Waals surface area contributed by atoms with Gasteiger partial charge >= 0.3 is 5.97 Å². The van der Waals surface area contributed by atoms with Gasteiger partial charge in [-0.2, -0.15) is 0 Å². The molecule has 46 heavy (non-hydrogen) atoms. The van der Waals surface area contributed by atoms with E-state index in [9.17, 15) is 24.2 Å². The average molecular weight is 705 g/mol. The van der Waals surface area contributed by atoms with E-state index in [1.54, 1.807) is 24.5 Å². The lowest BCUT2D eigenvalue weighted by Crippen LogP contribution is -2.11. The van der Waals surface area contributed by atoms with Crippen LogP contribution in [0.5, 0.6) is 0 Å². The van der Waals surface area contributed by atoms with Gasteiger partial charge in [0.15, 0.2) is 31.5 Å². The van der Waals surface area contributed by atoms with Gasteiger partial charge < -0.3 is 14.9 Å². The molecule has 0 aliphatic heterocycles. The predicted molar refractivity (Wildman–Crippen MR) is 183 cm³/mol. The van der Waals surface area contributed by atoms with E-state index in [2.05, 4.69) is 19.9 Å². The van der Waals surface area contributed by atoms with Gasteiger partial charge in [-0.15, -0.1) is 45.3 Å². The zero-order chi connectivity index (χ0) is 32.7. The summed E-state index contributed by atoms with van der Waals surface area (Å²) in [4.78, 5) is 42.8. The van der Waals surface area contributed by atoms with E-state index in [1.807, 2.05) is 38.5 Å². The Balaban J connectivity index is 0.000000257. The Morgan fingerprint density at radius 2 is 1.28 bits per heavy atom. The van der Waals surface area contributed by atoms with Crippen LogP contribution in [-0.2, 0) is 11.2 Å². The number of benzene rings is 1. The van der Waals surface area contributed by atoms with Crippen molar-refractivity contribution in [1.29, 1.82) is 0 Å². The van der Waals surface area contributed by atoms with Crippen LogP contribution in [-0.4, -0.2) is 49.0 Å². The predicted octanol–water partition coefficient (Wildman–Crippen LogP) is 8.29. The SMILES string of the molecule is C.CC(C)C(O)c1sc(-c2nccs2)nc1C(=O)CCc1ccc(F)cc1.COC(=O)c1nc(-c2nccs2)sc1C(O)C(C)C. The molecule has 5 aromatic rings. The molecule has 0 bridgehead atoms. The molecule has 2 unspecified atom stereocenters. The van der Waals surface area contributed by atoms with E-state index < -0.39 is 18.2 Å². The Hall–Kier alpha value is -3.27. The first-order valence-corrected chi connectivity index (χ1v) is 17.4. The van der Waals surface area contributed by atoms with Gasteiger partial charge in [-0.1, -0.05) is 47.3 Å². The molecule has 5 rings (SSSR count). The largest absolute Gasteiger partial charge is 0.464 e. The van der Waals surface area contributed by atoms with E-state index in [4.69, 9.17) is 4.74 Å². The number of ketones is 1. The second kappa shape index (κ2) is 17.0. The number of carbonyl (C=O) groups is 2. The number of aryl methyl sites for hydroxylation is 1. The molecule has 2 atom stereocenters. The minimum Gasteiger partial charge on any atom is -0.464 e. The number of halogens is 1. The fourth-order valence-electron chi connectivity index (χ4n) is 3.98. The van der Waals surface area contributed by atoms with E-state index in [-0.39, 0.29) is 43.0 Å². The van der Waals surface area contributed by atoms with Crippen LogP contribution in [0.2, 0.25) is 0 Å². The highest BCUT2D eigenvalue weighted by molar-refractivity contribution is 7.21. The first kappa shape index (κ1) is 37.2. The fourth-order valence-corrected chi connectivity index (χ4v) is 7.80. The Labute approximate surface area is 283 Å². The molecule has 0 saturated heterocycles. The number of esters is 1. The minimum atomic E-state index is -0.744. The number of hydrogen-bond acceptors (Lipinski definition) is 13. The van der Waals surface area contributed by atoms with Gasteiger partial charge in [0.1, 0.15) is 11.5 Å². The van der Waals surface area contributed by atoms with E-state index in [1.165, 1.54) is 64.6 Å². The summed E-state index contributed by atoms with van der Waals surface area (Å²) in [7, 11) is 1.30. The molecule has 1 aromatic carbocycles. The number of Topliss-reactive ketones (excluding diaryl/α,β-unsaturated/α-hetero) is 1. The van der Waals surface area contributed by atoms with Crippen molar-refractivity contribution in [3.8, 4) is 20.0 Å². The topological polar surface area (TPSA) is 135 Å². The zero-order valence-corrected chi connectivity index (χ0v) is 28.5. The first-order valence-electron chi connectivity index (χ1n) is 14.0. The summed E-state index contributed by atoms with van der Waals surface area (Å²) in [5, 5.41) is 27.1. The van der Waals surface area contributed by atoms with Crippen LogP contribution >= 0.6 is 45.3 Å². The number of hydrogen-bond donors (Lipinski definition) is 2. The highest BCUT2D eigenvalue weighted by atomic mass is 32.1. The third kappa shape index (κ3) is 9.17. The second-order valence-electron chi connectivity index (χ2n) is 10.6. The molecular formula is C32H37FN4O5S4. The normalized spacial score (nSPS) is 12.3. The third-order valence-corrected chi connectivity index (χ3v) is 10.6. The summed E-state index contributed by atoms with van der Waals surface area (Å²) in [5.41, 5.74) is 1.39. The number of aliphatic hydroxyl groups excluding tert-OH is 2. The Bertz CT molecular complexity index is 1680. The highest BCUT2D eigenvalue weighted by Crippen LogP contribution is 2.37. The number of ether oxygens (including phenoxy) is 1. The minimum absolute atomic E-state index is 0. The Morgan fingerprint density at radius 3 is 1.72 bits per heavy atom. The van der Waals surface area contributed by atoms with Crippen LogP contribution in [0.3, 0.4) is 0 Å². The summed E-state index contributed by atoms with van der Waals surface area (Å²) in [5.74, 6) is -0.983. The number of aliphatic hydroxyl groups is 2. The molecule has 14 heteroatoms. The number of rotatable bonds is 11. The monoisotopic (exact) mass is 704 g/mol. The quantitative estimate of drug-likeness (QED) is 0.103. The van der Waals surface area contributed by atoms with Gasteiger partial charge in [0.2, 0.25) is 0 Å². The van der Waals surface area contributed by atoms with Crippen molar-refractivity contribution < 1.29 is 28.9 Å². The van der Waals surface area contributed by atoms with Gasteiger partial charge in [-0.3, -0.25) is 4.79 Å². The van der Waals surface area contributed by atoms with Crippen molar-refractivity contribution in [2.24, 2.45) is 11.8 Å². The van der Waals surface area contributed by atoms with Crippen molar-refractivity contribution >= 4 is 57.1 Å². The molecule has 4 aromatic heterocycles. The number of nitrogens with zero attached hydrogens (tertiary/aromatic N) is 4. The Morgan fingerprint density at radius 1 is 0.804 bits per heavy atom. The summed E-state index contributed by atoms with van der Waals surface area (Å²) in [6, 6.07) is 6.12. The number of methoxy groups -OCH3 is 1. The van der Waals surface area contributed by atoms with Gasteiger partial charge in [-0.25, -0.2) is 29.1 Å². The molecule has 0 radical (unpaired) electrons. The van der Waals surface area contributed by atoms with Crippen LogP contribution in [0, 0.1) is 17.7 Å². The molecule has 0 fully saturated rings. The molecule has 0 spiro atoms. The summed E-state index contributed by atoms with van der Waals surface area (Å²) >= 11 is 5.50. The van der Waals surface area contributed by atoms with Crippen molar-refractivity contribution in [1.82, 2.24) is 19.9 Å². The van der Waals surface area contributed by atoms with Crippen LogP contribution in [0.25, 0.3) is 20.0 Å². The van der Waals surface area contributed by atoms with Crippen molar-refractivity contribution in [3.05, 3.63) is 79.9 Å². The molecule has 2 N–H and O–H groups in total. The van der Waals surface area contributed by atoms with E-state index >= 15 is 0 Å². The van der Waals surface area contributed by atoms with Crippen molar-refractivity contribution in [2.45, 2.75) is 60.2 Å². The Kier molecular flexibility index (Phi) is 13.8. The van der Waals surface area contributed by atoms with Crippen LogP contribution in [0.1, 0.15) is 90.0 Å². The molecule has 0 aliphatic rings. The van der Waals surface area contributed by atoms with Crippen LogP contribution in [0.4, 0.5) is 4.39 Å². The zero-order valence-electron chi connectivity index (χ0n) is 25.3. The highest BCUT2D eigenvalue weighted by Gasteiger charge is 2.28. The maximum absolute atomic E-state index is 13.0. The molecule has 0 saturated carbocycles. The van der Waals surface area contributed by atoms with Gasteiger partial charge in [0.05, 0.1) is 29.1 Å². The molecule has 0 amide bonds. The number of aromatic nitrogens is 4. The van der Waals surface area contributed by atoms with Crippen molar-refractivity contribution in [3.63, 3.8) is 0 Å². The smallest absolute Gasteiger partial charge is 0.357 e. The first-order chi connectivity index (χ1) is 21.5. The van der Waals surface area contributed by atoms with Gasteiger partial charge in [0.25, 0.3) is 0 Å². The third-order valence-electron chi connectivity index (χ3n) is 6.53. The molecular weight excluding hydrogens is 668 g/mol. The molecule has 246 valence electrons. The summed E-state index contributed by atoms with van der Waals surface area (Å²) < 4.78 is 17.7. The maximum Gasteiger partial charge on any atom is 0.357 e. The molecule has 4 heterocycles. The van der Waals surface area contributed by atoms with E-state index in [0.29, 0.717) is 31.9 Å². The maximum atomic E-state index is 13.0. The van der Waals surface area contributed by atoms with Crippen molar-refractivity contribution in [2.75, 3.05) is 7.11 Å². The number of carbonyl (C=O) groups excluding carboxylic acids is 2. The molecule has 9 nitrogen and oxygen atoms in total. The average Bonchev–Trinajstić information content (AvgIpc) is 3.85. The lowest BCUT2D eigenvalue weighted by atomic mass is 10.0. The lowest BCUT2D eigenvalue weighted by molar-refractivity contribution is 0.0583. The molecule has 0 aliphatic carbocycles. The van der Waals surface area contributed by atoms with Gasteiger partial charge in [-0.05, 0) is 36.0 Å². The standard InChI is InChI=1S/C19H19FN2O2S2.C12H14N2O3S2.CH4/c1-11(2)16(24)17-15(22-19(26-17)18-21-9-10-25-18)14(23)8-5-12-3-6-13(20)7-4-12;1-6(2)8(15)9-7(12(16)17-3)14-11(19-9)10-13-4-5-18-10;/h3-4,6-7,9-11,16,24H,5,8H2,1-2H3;4-6,8,15H,1-3H3;1H4. The second-order valence-corrected chi connectivity index (χ2v) is 14.4. The van der Waals surface area contributed by atoms with Gasteiger partial charge in [0, 0.05) is 29.6 Å². The number of thiazole rings is 4. The summed E-state index contributed by atoms with van der Waals surface area (Å²) in [6.07, 6.45) is 2.64. The van der Waals surface area contributed by atoms with Crippen LogP contribution in [0.15, 0.2) is 47.4 Å². The summed E-state index contributed by atoms with van der Waals surface area (Å²) in [6.45, 7) is 7.57.